The summed E-state index contributed by atoms with van der Waals surface area (Å²) in [5, 5.41) is 11.9. The summed E-state index contributed by atoms with van der Waals surface area (Å²) in [6.07, 6.45) is 2.60. The average molecular weight is 285 g/mol. The monoisotopic (exact) mass is 285 g/mol. The molecule has 5 nitrogen and oxygen atoms in total. The number of hydrogen-bond donors (Lipinski definition) is 2. The third kappa shape index (κ3) is 4.90. The van der Waals surface area contributed by atoms with Crippen molar-refractivity contribution < 1.29 is 18.3 Å². The quantitative estimate of drug-likeness (QED) is 0.802. The lowest BCUT2D eigenvalue weighted by Gasteiger charge is -2.19. The number of sulfone groups is 1. The van der Waals surface area contributed by atoms with Gasteiger partial charge in [-0.25, -0.2) is 8.42 Å². The van der Waals surface area contributed by atoms with Crippen molar-refractivity contribution in [2.24, 2.45) is 0 Å². The van der Waals surface area contributed by atoms with Gasteiger partial charge < -0.3 is 10.4 Å². The van der Waals surface area contributed by atoms with Gasteiger partial charge in [-0.3, -0.25) is 4.79 Å². The summed E-state index contributed by atoms with van der Waals surface area (Å²) in [6.45, 7) is 1.96. The predicted octanol–water partition coefficient (Wildman–Crippen LogP) is 2.15. The molecule has 1 aromatic carbocycles. The van der Waals surface area contributed by atoms with Crippen molar-refractivity contribution in [3.8, 4) is 0 Å². The van der Waals surface area contributed by atoms with Crippen LogP contribution in [0.4, 0.5) is 5.69 Å². The highest BCUT2D eigenvalue weighted by Crippen LogP contribution is 2.22. The number of carbonyl (C=O) groups is 1. The Morgan fingerprint density at radius 2 is 2.00 bits per heavy atom. The van der Waals surface area contributed by atoms with E-state index in [1.165, 1.54) is 6.07 Å². The van der Waals surface area contributed by atoms with Gasteiger partial charge in [-0.15, -0.1) is 0 Å². The van der Waals surface area contributed by atoms with Gasteiger partial charge in [0.15, 0.2) is 9.84 Å². The zero-order valence-electron chi connectivity index (χ0n) is 11.1. The molecule has 0 aromatic heterocycles. The molecule has 0 spiro atoms. The van der Waals surface area contributed by atoms with E-state index in [9.17, 15) is 13.2 Å². The van der Waals surface area contributed by atoms with Gasteiger partial charge in [0.2, 0.25) is 0 Å². The minimum Gasteiger partial charge on any atom is -0.481 e. The van der Waals surface area contributed by atoms with E-state index in [-0.39, 0.29) is 17.4 Å². The topological polar surface area (TPSA) is 83.5 Å². The molecule has 19 heavy (non-hydrogen) atoms. The molecule has 0 bridgehead atoms. The van der Waals surface area contributed by atoms with Crippen molar-refractivity contribution in [1.29, 1.82) is 0 Å². The number of nitrogens with one attached hydrogen (secondary N) is 1. The lowest BCUT2D eigenvalue weighted by atomic mass is 10.1. The average Bonchev–Trinajstić information content (AvgIpc) is 2.27. The summed E-state index contributed by atoms with van der Waals surface area (Å²) in [4.78, 5) is 11.0. The third-order valence-electron chi connectivity index (χ3n) is 2.70. The highest BCUT2D eigenvalue weighted by Gasteiger charge is 2.17. The lowest BCUT2D eigenvalue weighted by Crippen LogP contribution is -2.24. The van der Waals surface area contributed by atoms with Gasteiger partial charge in [0.25, 0.3) is 0 Å². The van der Waals surface area contributed by atoms with E-state index in [4.69, 9.17) is 5.11 Å². The van der Waals surface area contributed by atoms with Crippen LogP contribution in [-0.4, -0.2) is 31.8 Å². The van der Waals surface area contributed by atoms with Gasteiger partial charge in [-0.1, -0.05) is 25.5 Å². The maximum atomic E-state index is 11.7. The SMILES string of the molecule is CCCC(CC(=O)O)Nc1ccccc1S(C)(=O)=O. The summed E-state index contributed by atoms with van der Waals surface area (Å²) in [5.74, 6) is -0.900. The summed E-state index contributed by atoms with van der Waals surface area (Å²) in [5.41, 5.74) is 0.463. The first-order valence-corrected chi connectivity index (χ1v) is 8.01. The first-order valence-electron chi connectivity index (χ1n) is 6.12. The summed E-state index contributed by atoms with van der Waals surface area (Å²) in [6, 6.07) is 6.27. The molecule has 0 radical (unpaired) electrons. The van der Waals surface area contributed by atoms with Crippen molar-refractivity contribution >= 4 is 21.5 Å². The molecule has 1 rings (SSSR count). The normalized spacial score (nSPS) is 12.9. The fraction of sp³-hybridized carbons (Fsp3) is 0.462. The van der Waals surface area contributed by atoms with Crippen LogP contribution in [-0.2, 0) is 14.6 Å². The molecule has 0 heterocycles. The van der Waals surface area contributed by atoms with Gasteiger partial charge in [-0.2, -0.15) is 0 Å². The molecule has 6 heteroatoms. The van der Waals surface area contributed by atoms with Crippen LogP contribution in [0.2, 0.25) is 0 Å². The number of aliphatic carboxylic acids is 1. The van der Waals surface area contributed by atoms with E-state index < -0.39 is 15.8 Å². The highest BCUT2D eigenvalue weighted by molar-refractivity contribution is 7.90. The Balaban J connectivity index is 2.99. The van der Waals surface area contributed by atoms with E-state index in [2.05, 4.69) is 5.32 Å². The van der Waals surface area contributed by atoms with Crippen LogP contribution in [0.3, 0.4) is 0 Å². The Kier molecular flexibility index (Phi) is 5.35. The van der Waals surface area contributed by atoms with Crippen LogP contribution in [0.1, 0.15) is 26.2 Å². The molecular weight excluding hydrogens is 266 g/mol. The molecule has 1 aromatic rings. The van der Waals surface area contributed by atoms with Crippen molar-refractivity contribution in [2.45, 2.75) is 37.1 Å². The van der Waals surface area contributed by atoms with Crippen LogP contribution < -0.4 is 5.32 Å². The molecule has 0 fully saturated rings. The summed E-state index contributed by atoms with van der Waals surface area (Å²) < 4.78 is 23.3. The Morgan fingerprint density at radius 3 is 2.53 bits per heavy atom. The van der Waals surface area contributed by atoms with Crippen LogP contribution in [0.15, 0.2) is 29.2 Å². The molecule has 0 saturated heterocycles. The zero-order chi connectivity index (χ0) is 14.5. The second kappa shape index (κ2) is 6.56. The third-order valence-corrected chi connectivity index (χ3v) is 3.86. The predicted molar refractivity (Wildman–Crippen MR) is 74.1 cm³/mol. The minimum absolute atomic E-state index is 0.0358. The van der Waals surface area contributed by atoms with Crippen molar-refractivity contribution in [1.82, 2.24) is 0 Å². The smallest absolute Gasteiger partial charge is 0.305 e. The first kappa shape index (κ1) is 15.5. The highest BCUT2D eigenvalue weighted by atomic mass is 32.2. The van der Waals surface area contributed by atoms with Crippen LogP contribution in [0.5, 0.6) is 0 Å². The number of rotatable bonds is 7. The maximum Gasteiger partial charge on any atom is 0.305 e. The Morgan fingerprint density at radius 1 is 1.37 bits per heavy atom. The number of carboxylic acid groups (broad SMARTS) is 1. The molecule has 1 unspecified atom stereocenters. The second-order valence-corrected chi connectivity index (χ2v) is 6.48. The number of benzene rings is 1. The van der Waals surface area contributed by atoms with Crippen LogP contribution >= 0.6 is 0 Å². The fourth-order valence-electron chi connectivity index (χ4n) is 1.91. The van der Waals surface area contributed by atoms with E-state index in [0.29, 0.717) is 12.1 Å². The maximum absolute atomic E-state index is 11.7. The van der Waals surface area contributed by atoms with E-state index >= 15 is 0 Å². The number of carboxylic acids is 1. The Bertz CT molecular complexity index is 539. The molecule has 0 aliphatic heterocycles. The van der Waals surface area contributed by atoms with Crippen LogP contribution in [0.25, 0.3) is 0 Å². The number of para-hydroxylation sites is 1. The van der Waals surface area contributed by atoms with E-state index in [1.807, 2.05) is 6.92 Å². The zero-order valence-corrected chi connectivity index (χ0v) is 11.9. The van der Waals surface area contributed by atoms with Crippen LogP contribution in [0, 0.1) is 0 Å². The molecule has 106 valence electrons. The Hall–Kier alpha value is -1.56. The number of hydrogen-bond acceptors (Lipinski definition) is 4. The van der Waals surface area contributed by atoms with Gasteiger partial charge in [0, 0.05) is 12.3 Å². The van der Waals surface area contributed by atoms with E-state index in [0.717, 1.165) is 12.7 Å². The first-order chi connectivity index (χ1) is 8.84. The van der Waals surface area contributed by atoms with Gasteiger partial charge in [0.1, 0.15) is 0 Å². The van der Waals surface area contributed by atoms with Gasteiger partial charge >= 0.3 is 5.97 Å². The van der Waals surface area contributed by atoms with Gasteiger partial charge in [0.05, 0.1) is 17.0 Å². The molecule has 2 N–H and O–H groups in total. The molecular formula is C13H19NO4S. The fourth-order valence-corrected chi connectivity index (χ4v) is 2.77. The largest absolute Gasteiger partial charge is 0.481 e. The minimum atomic E-state index is -3.33. The second-order valence-electron chi connectivity index (χ2n) is 4.50. The Labute approximate surface area is 113 Å². The molecule has 1 atom stereocenters. The van der Waals surface area contributed by atoms with Gasteiger partial charge in [-0.05, 0) is 18.6 Å². The lowest BCUT2D eigenvalue weighted by molar-refractivity contribution is -0.137. The molecule has 0 amide bonds. The summed E-state index contributed by atoms with van der Waals surface area (Å²) >= 11 is 0. The molecule has 0 aliphatic carbocycles. The van der Waals surface area contributed by atoms with Crippen molar-refractivity contribution in [2.75, 3.05) is 11.6 Å². The summed E-state index contributed by atoms with van der Waals surface area (Å²) in [7, 11) is -3.33. The standard InChI is InChI=1S/C13H19NO4S/c1-3-6-10(9-13(15)16)14-11-7-4-5-8-12(11)19(2,17)18/h4-5,7-8,10,14H,3,6,9H2,1-2H3,(H,15,16). The van der Waals surface area contributed by atoms with Crippen molar-refractivity contribution in [3.63, 3.8) is 0 Å². The van der Waals surface area contributed by atoms with Crippen molar-refractivity contribution in [3.05, 3.63) is 24.3 Å². The number of anilines is 1. The molecule has 0 aliphatic rings. The van der Waals surface area contributed by atoms with E-state index in [1.54, 1.807) is 18.2 Å². The molecule has 0 saturated carbocycles.